The van der Waals surface area contributed by atoms with Crippen molar-refractivity contribution >= 4 is 5.69 Å². The summed E-state index contributed by atoms with van der Waals surface area (Å²) in [5.74, 6) is 0. The van der Waals surface area contributed by atoms with E-state index in [1.54, 1.807) is 7.11 Å². The molecule has 0 bridgehead atoms. The number of anilines is 1. The van der Waals surface area contributed by atoms with Crippen molar-refractivity contribution < 1.29 is 4.74 Å². The van der Waals surface area contributed by atoms with Gasteiger partial charge in [-0.05, 0) is 54.4 Å². The monoisotopic (exact) mass is 372 g/mol. The van der Waals surface area contributed by atoms with Crippen LogP contribution in [0.1, 0.15) is 5.56 Å². The molecule has 0 aromatic heterocycles. The second-order valence-corrected chi connectivity index (χ2v) is 7.76. The molecule has 2 atom stereocenters. The predicted molar refractivity (Wildman–Crippen MR) is 118 cm³/mol. The van der Waals surface area contributed by atoms with E-state index in [1.807, 2.05) is 0 Å². The Morgan fingerprint density at radius 1 is 0.821 bits per heavy atom. The van der Waals surface area contributed by atoms with Gasteiger partial charge in [-0.2, -0.15) is 0 Å². The average molecular weight is 373 g/mol. The van der Waals surface area contributed by atoms with Crippen molar-refractivity contribution in [3.05, 3.63) is 78.4 Å². The van der Waals surface area contributed by atoms with E-state index in [1.165, 1.54) is 33.5 Å². The van der Waals surface area contributed by atoms with E-state index in [4.69, 9.17) is 4.74 Å². The Morgan fingerprint density at radius 3 is 2.00 bits per heavy atom. The minimum Gasteiger partial charge on any atom is -0.360 e. The Morgan fingerprint density at radius 2 is 1.39 bits per heavy atom. The first kappa shape index (κ1) is 18.7. The molecule has 0 radical (unpaired) electrons. The summed E-state index contributed by atoms with van der Waals surface area (Å²) in [5.41, 5.74) is 7.60. The zero-order valence-corrected chi connectivity index (χ0v) is 17.1. The van der Waals surface area contributed by atoms with Gasteiger partial charge in [0.1, 0.15) is 6.23 Å². The van der Waals surface area contributed by atoms with Crippen molar-refractivity contribution in [3.8, 4) is 22.3 Å². The molecular weight excluding hydrogens is 344 g/mol. The minimum atomic E-state index is 0.0539. The molecule has 4 rings (SSSR count). The second kappa shape index (κ2) is 7.78. The zero-order chi connectivity index (χ0) is 19.7. The lowest BCUT2D eigenvalue weighted by molar-refractivity contribution is 0.0287. The maximum Gasteiger partial charge on any atom is 0.145 e. The van der Waals surface area contributed by atoms with Gasteiger partial charge in [-0.1, -0.05) is 66.7 Å². The Hall–Kier alpha value is -2.62. The van der Waals surface area contributed by atoms with E-state index in [0.29, 0.717) is 6.04 Å². The highest BCUT2D eigenvalue weighted by Crippen LogP contribution is 2.35. The molecular formula is C25H28N2O. The van der Waals surface area contributed by atoms with Crippen LogP contribution in [0.15, 0.2) is 72.8 Å². The molecule has 2 unspecified atom stereocenters. The van der Waals surface area contributed by atoms with Gasteiger partial charge in [0.15, 0.2) is 0 Å². The second-order valence-electron chi connectivity index (χ2n) is 7.76. The molecule has 3 aromatic rings. The molecule has 0 N–H and O–H groups in total. The van der Waals surface area contributed by atoms with Crippen LogP contribution in [-0.2, 0) is 11.2 Å². The number of likely N-dealkylation sites (N-methyl/N-ethyl adjacent to an activating group) is 2. The Balaban J connectivity index is 1.65. The van der Waals surface area contributed by atoms with Gasteiger partial charge in [0, 0.05) is 19.8 Å². The first-order chi connectivity index (χ1) is 13.6. The molecule has 28 heavy (non-hydrogen) atoms. The Labute approximate surface area is 168 Å². The van der Waals surface area contributed by atoms with Crippen LogP contribution in [-0.4, -0.2) is 45.4 Å². The number of benzene rings is 3. The highest BCUT2D eigenvalue weighted by Gasteiger charge is 2.33. The standard InChI is InChI=1S/C25H28N2O/c1-26(2)24-17-22-15-14-21(16-23(22)27(3)25(24)28-4)20-12-10-19(11-13-20)18-8-6-5-7-9-18/h5-16,24-25H,17H2,1-4H3. The molecule has 3 heteroatoms. The summed E-state index contributed by atoms with van der Waals surface area (Å²) in [6, 6.07) is 26.5. The Bertz CT molecular complexity index is 935. The normalized spacial score (nSPS) is 19.0. The van der Waals surface area contributed by atoms with Gasteiger partial charge in [-0.15, -0.1) is 0 Å². The third-order valence-corrected chi connectivity index (χ3v) is 5.84. The van der Waals surface area contributed by atoms with Gasteiger partial charge in [-0.25, -0.2) is 0 Å². The lowest BCUT2D eigenvalue weighted by Crippen LogP contribution is -2.53. The van der Waals surface area contributed by atoms with E-state index in [0.717, 1.165) is 6.42 Å². The topological polar surface area (TPSA) is 15.7 Å². The first-order valence-electron chi connectivity index (χ1n) is 9.79. The largest absolute Gasteiger partial charge is 0.360 e. The van der Waals surface area contributed by atoms with E-state index in [2.05, 4.69) is 104 Å². The van der Waals surface area contributed by atoms with Gasteiger partial charge < -0.3 is 14.5 Å². The summed E-state index contributed by atoms with van der Waals surface area (Å²) in [6.45, 7) is 0. The molecule has 3 aromatic carbocycles. The van der Waals surface area contributed by atoms with Crippen molar-refractivity contribution in [2.45, 2.75) is 18.7 Å². The van der Waals surface area contributed by atoms with Crippen molar-refractivity contribution in [1.82, 2.24) is 4.90 Å². The third kappa shape index (κ3) is 3.44. The highest BCUT2D eigenvalue weighted by atomic mass is 16.5. The SMILES string of the molecule is COC1C(N(C)C)Cc2ccc(-c3ccc(-c4ccccc4)cc3)cc2N1C. The predicted octanol–water partition coefficient (Wildman–Crippen LogP) is 4.92. The number of hydrogen-bond acceptors (Lipinski definition) is 3. The van der Waals surface area contributed by atoms with Crippen LogP contribution in [0.3, 0.4) is 0 Å². The van der Waals surface area contributed by atoms with Crippen molar-refractivity contribution in [2.75, 3.05) is 33.2 Å². The summed E-state index contributed by atoms with van der Waals surface area (Å²) in [5, 5.41) is 0. The minimum absolute atomic E-state index is 0.0539. The fraction of sp³-hybridized carbons (Fsp3) is 0.280. The van der Waals surface area contributed by atoms with Crippen LogP contribution in [0.2, 0.25) is 0 Å². The van der Waals surface area contributed by atoms with Crippen LogP contribution in [0.4, 0.5) is 5.69 Å². The number of methoxy groups -OCH3 is 1. The summed E-state index contributed by atoms with van der Waals surface area (Å²) < 4.78 is 5.83. The summed E-state index contributed by atoms with van der Waals surface area (Å²) in [6.07, 6.45) is 1.05. The molecule has 1 aliphatic heterocycles. The highest BCUT2D eigenvalue weighted by molar-refractivity contribution is 5.74. The molecule has 1 heterocycles. The summed E-state index contributed by atoms with van der Waals surface area (Å²) >= 11 is 0. The molecule has 0 saturated carbocycles. The smallest absolute Gasteiger partial charge is 0.145 e. The zero-order valence-electron chi connectivity index (χ0n) is 17.1. The number of hydrogen-bond donors (Lipinski definition) is 0. The third-order valence-electron chi connectivity index (χ3n) is 5.84. The van der Waals surface area contributed by atoms with Crippen LogP contribution >= 0.6 is 0 Å². The van der Waals surface area contributed by atoms with Gasteiger partial charge >= 0.3 is 0 Å². The van der Waals surface area contributed by atoms with Crippen LogP contribution in [0, 0.1) is 0 Å². The quantitative estimate of drug-likeness (QED) is 0.647. The fourth-order valence-corrected chi connectivity index (χ4v) is 4.20. The number of nitrogens with zero attached hydrogens (tertiary/aromatic N) is 2. The Kier molecular flexibility index (Phi) is 5.21. The average Bonchev–Trinajstić information content (AvgIpc) is 2.74. The van der Waals surface area contributed by atoms with Crippen molar-refractivity contribution in [1.29, 1.82) is 0 Å². The van der Waals surface area contributed by atoms with Gasteiger partial charge in [0.2, 0.25) is 0 Å². The molecule has 144 valence electrons. The number of fused-ring (bicyclic) bond motifs is 1. The summed E-state index contributed by atoms with van der Waals surface area (Å²) in [4.78, 5) is 4.52. The van der Waals surface area contributed by atoms with E-state index >= 15 is 0 Å². The van der Waals surface area contributed by atoms with E-state index < -0.39 is 0 Å². The van der Waals surface area contributed by atoms with Crippen molar-refractivity contribution in [2.24, 2.45) is 0 Å². The lowest BCUT2D eigenvalue weighted by atomic mass is 9.92. The maximum absolute atomic E-state index is 5.83. The van der Waals surface area contributed by atoms with Crippen LogP contribution in [0.25, 0.3) is 22.3 Å². The van der Waals surface area contributed by atoms with Gasteiger partial charge in [0.25, 0.3) is 0 Å². The maximum atomic E-state index is 5.83. The van der Waals surface area contributed by atoms with E-state index in [9.17, 15) is 0 Å². The first-order valence-corrected chi connectivity index (χ1v) is 9.79. The summed E-state index contributed by atoms with van der Waals surface area (Å²) in [7, 11) is 8.18. The molecule has 0 amide bonds. The van der Waals surface area contributed by atoms with Crippen molar-refractivity contribution in [3.63, 3.8) is 0 Å². The molecule has 0 aliphatic carbocycles. The van der Waals surface area contributed by atoms with Crippen LogP contribution in [0.5, 0.6) is 0 Å². The molecule has 3 nitrogen and oxygen atoms in total. The number of rotatable bonds is 4. The molecule has 0 spiro atoms. The van der Waals surface area contributed by atoms with E-state index in [-0.39, 0.29) is 6.23 Å². The molecule has 0 saturated heterocycles. The van der Waals surface area contributed by atoms with Gasteiger partial charge in [0.05, 0.1) is 6.04 Å². The number of ether oxygens (including phenoxy) is 1. The van der Waals surface area contributed by atoms with Gasteiger partial charge in [-0.3, -0.25) is 0 Å². The fourth-order valence-electron chi connectivity index (χ4n) is 4.20. The van der Waals surface area contributed by atoms with Crippen LogP contribution < -0.4 is 4.90 Å². The lowest BCUT2D eigenvalue weighted by Gasteiger charge is -2.43. The molecule has 1 aliphatic rings. The molecule has 0 fully saturated rings.